The minimum Gasteiger partial charge on any atom is -0.462 e. The van der Waals surface area contributed by atoms with Gasteiger partial charge in [-0.2, -0.15) is 0 Å². The summed E-state index contributed by atoms with van der Waals surface area (Å²) in [5.41, 5.74) is 0. The highest BCUT2D eigenvalue weighted by atomic mass is 31.2. The first-order valence-corrected chi connectivity index (χ1v) is 48.1. The molecule has 0 aromatic rings. The largest absolute Gasteiger partial charge is 0.472 e. The highest BCUT2D eigenvalue weighted by Crippen LogP contribution is 2.45. The van der Waals surface area contributed by atoms with E-state index in [0.717, 1.165) is 95.8 Å². The Morgan fingerprint density at radius 1 is 0.255 bits per heavy atom. The maximum Gasteiger partial charge on any atom is 0.472 e. The number of aliphatic hydroxyl groups is 1. The van der Waals surface area contributed by atoms with Crippen LogP contribution in [0.1, 0.15) is 471 Å². The van der Waals surface area contributed by atoms with Crippen molar-refractivity contribution in [3.05, 3.63) is 0 Å². The van der Waals surface area contributed by atoms with Crippen LogP contribution in [-0.4, -0.2) is 96.7 Å². The summed E-state index contributed by atoms with van der Waals surface area (Å²) >= 11 is 0. The van der Waals surface area contributed by atoms with Gasteiger partial charge in [-0.05, 0) is 31.6 Å². The lowest BCUT2D eigenvalue weighted by Gasteiger charge is -2.21. The predicted molar refractivity (Wildman–Crippen MR) is 437 cm³/mol. The fourth-order valence-electron chi connectivity index (χ4n) is 13.6. The van der Waals surface area contributed by atoms with E-state index in [1.54, 1.807) is 0 Å². The molecule has 0 radical (unpaired) electrons. The van der Waals surface area contributed by atoms with Gasteiger partial charge in [-0.1, -0.05) is 420 Å². The highest BCUT2D eigenvalue weighted by molar-refractivity contribution is 7.47. The van der Waals surface area contributed by atoms with Crippen LogP contribution in [0, 0.1) is 5.92 Å². The van der Waals surface area contributed by atoms with Gasteiger partial charge in [-0.3, -0.25) is 37.3 Å². The van der Waals surface area contributed by atoms with Crippen LogP contribution in [0.15, 0.2) is 0 Å². The van der Waals surface area contributed by atoms with E-state index in [9.17, 15) is 43.2 Å². The van der Waals surface area contributed by atoms with Crippen molar-refractivity contribution < 1.29 is 80.2 Å². The van der Waals surface area contributed by atoms with Crippen LogP contribution >= 0.6 is 15.6 Å². The third-order valence-electron chi connectivity index (χ3n) is 20.5. The second-order valence-electron chi connectivity index (χ2n) is 31.8. The number of aliphatic hydroxyl groups excluding tert-OH is 1. The summed E-state index contributed by atoms with van der Waals surface area (Å²) < 4.78 is 68.9. The quantitative estimate of drug-likeness (QED) is 0.0222. The summed E-state index contributed by atoms with van der Waals surface area (Å²) in [5, 5.41) is 10.7. The van der Waals surface area contributed by atoms with Crippen molar-refractivity contribution >= 4 is 39.5 Å². The fraction of sp³-hybridized carbons (Fsp3) is 0.954. The van der Waals surface area contributed by atoms with E-state index in [1.807, 2.05) is 0 Å². The number of ether oxygens (including phenoxy) is 4. The molecule has 0 aliphatic rings. The number of hydrogen-bond acceptors (Lipinski definition) is 15. The molecule has 0 amide bonds. The average Bonchev–Trinajstić information content (AvgIpc) is 0.903. The normalized spacial score (nSPS) is 13.7. The number of hydrogen-bond donors (Lipinski definition) is 3. The highest BCUT2D eigenvalue weighted by Gasteiger charge is 2.30. The van der Waals surface area contributed by atoms with Crippen molar-refractivity contribution in [2.45, 2.75) is 490 Å². The predicted octanol–water partition coefficient (Wildman–Crippen LogP) is 26.8. The molecule has 0 fully saturated rings. The van der Waals surface area contributed by atoms with Gasteiger partial charge < -0.3 is 33.8 Å². The van der Waals surface area contributed by atoms with Gasteiger partial charge in [0, 0.05) is 25.7 Å². The standard InChI is InChI=1S/C87H170O17P2/c1-6-9-12-15-18-21-24-26-27-28-29-30-31-32-37-40-44-48-53-58-63-68-73-87(92)104-83(77-98-85(90)71-66-61-56-51-46-43-39-36-34-33-35-38-42-45-49-54-59-64-69-80(4)5)79-102-106(95,96)100-75-81(88)74-99-105(93,94)101-78-82(76-97-84(89)70-65-60-55-50-23-20-17-14-11-8-3)103-86(91)72-67-62-57-52-47-41-25-22-19-16-13-10-7-2/h80-83,88H,6-79H2,1-5H3,(H,93,94)(H,95,96)/t81-,82+,83+/m0/s1. The van der Waals surface area contributed by atoms with Gasteiger partial charge in [-0.15, -0.1) is 0 Å². The van der Waals surface area contributed by atoms with Crippen molar-refractivity contribution in [1.29, 1.82) is 0 Å². The van der Waals surface area contributed by atoms with Gasteiger partial charge in [0.2, 0.25) is 0 Å². The zero-order chi connectivity index (χ0) is 77.6. The average molecular weight is 1550 g/mol. The van der Waals surface area contributed by atoms with Crippen LogP contribution in [0.25, 0.3) is 0 Å². The minimum atomic E-state index is -4.97. The SMILES string of the molecule is CCCCCCCCCCCCCCCCCCCCCCCCC(=O)O[C@H](COC(=O)CCCCCCCCCCCCCCCCCCCCC(C)C)COP(=O)(O)OC[C@@H](O)COP(=O)(O)OC[C@@H](COC(=O)CCCCCCCCCCCC)OC(=O)CCCCCCCCCCCCCCC. The van der Waals surface area contributed by atoms with Gasteiger partial charge in [0.15, 0.2) is 12.2 Å². The number of rotatable bonds is 87. The second kappa shape index (κ2) is 79.7. The Labute approximate surface area is 651 Å². The Kier molecular flexibility index (Phi) is 78.2. The van der Waals surface area contributed by atoms with Crippen molar-refractivity contribution in [2.75, 3.05) is 39.6 Å². The van der Waals surface area contributed by atoms with Crippen LogP contribution in [0.3, 0.4) is 0 Å². The van der Waals surface area contributed by atoms with E-state index in [0.29, 0.717) is 25.7 Å². The maximum absolute atomic E-state index is 13.2. The zero-order valence-electron chi connectivity index (χ0n) is 69.6. The van der Waals surface area contributed by atoms with E-state index >= 15 is 0 Å². The van der Waals surface area contributed by atoms with E-state index in [4.69, 9.17) is 37.0 Å². The topological polar surface area (TPSA) is 237 Å². The molecule has 2 unspecified atom stereocenters. The molecule has 0 saturated heterocycles. The van der Waals surface area contributed by atoms with Gasteiger partial charge >= 0.3 is 39.5 Å². The molecule has 5 atom stereocenters. The summed E-state index contributed by atoms with van der Waals surface area (Å²) in [4.78, 5) is 73.2. The van der Waals surface area contributed by atoms with Crippen LogP contribution in [0.4, 0.5) is 0 Å². The summed E-state index contributed by atoms with van der Waals surface area (Å²) in [6.07, 6.45) is 73.7. The molecule has 0 spiro atoms. The molecule has 0 heterocycles. The lowest BCUT2D eigenvalue weighted by Crippen LogP contribution is -2.30. The molecule has 19 heteroatoms. The van der Waals surface area contributed by atoms with Gasteiger partial charge in [0.1, 0.15) is 19.3 Å². The fourth-order valence-corrected chi connectivity index (χ4v) is 15.2. The third kappa shape index (κ3) is 80.1. The number of phosphoric ester groups is 2. The van der Waals surface area contributed by atoms with Crippen molar-refractivity contribution in [3.63, 3.8) is 0 Å². The van der Waals surface area contributed by atoms with Gasteiger partial charge in [0.25, 0.3) is 0 Å². The lowest BCUT2D eigenvalue weighted by atomic mass is 10.0. The lowest BCUT2D eigenvalue weighted by molar-refractivity contribution is -0.161. The number of phosphoric acid groups is 2. The van der Waals surface area contributed by atoms with Crippen molar-refractivity contribution in [2.24, 2.45) is 5.92 Å². The number of unbranched alkanes of at least 4 members (excludes halogenated alkanes) is 59. The molecule has 0 aromatic heterocycles. The Bertz CT molecular complexity index is 2010. The summed E-state index contributed by atoms with van der Waals surface area (Å²) in [5.74, 6) is -1.28. The van der Waals surface area contributed by atoms with Crippen molar-refractivity contribution in [1.82, 2.24) is 0 Å². The van der Waals surface area contributed by atoms with E-state index < -0.39 is 97.5 Å². The Morgan fingerprint density at radius 3 is 0.642 bits per heavy atom. The number of carbonyl (C=O) groups excluding carboxylic acids is 4. The van der Waals surface area contributed by atoms with Crippen molar-refractivity contribution in [3.8, 4) is 0 Å². The van der Waals surface area contributed by atoms with Crippen LogP contribution in [-0.2, 0) is 65.4 Å². The van der Waals surface area contributed by atoms with Crippen LogP contribution in [0.5, 0.6) is 0 Å². The molecule has 0 saturated carbocycles. The maximum atomic E-state index is 13.2. The van der Waals surface area contributed by atoms with E-state index in [2.05, 4.69) is 34.6 Å². The summed E-state index contributed by atoms with van der Waals surface area (Å²) in [7, 11) is -9.92. The zero-order valence-corrected chi connectivity index (χ0v) is 71.4. The molecule has 0 aliphatic heterocycles. The minimum absolute atomic E-state index is 0.108. The van der Waals surface area contributed by atoms with E-state index in [1.165, 1.54) is 295 Å². The Balaban J connectivity index is 5.19. The molecule has 3 N–H and O–H groups in total. The van der Waals surface area contributed by atoms with Crippen LogP contribution < -0.4 is 0 Å². The molecular formula is C87H170O17P2. The Hall–Kier alpha value is -1.94. The molecule has 0 bridgehead atoms. The summed E-state index contributed by atoms with van der Waals surface area (Å²) in [6.45, 7) is 7.39. The number of carbonyl (C=O) groups is 4. The molecular weight excluding hydrogens is 1380 g/mol. The molecule has 17 nitrogen and oxygen atoms in total. The monoisotopic (exact) mass is 1550 g/mol. The Morgan fingerprint density at radius 2 is 0.434 bits per heavy atom. The molecule has 630 valence electrons. The van der Waals surface area contributed by atoms with Gasteiger partial charge in [0.05, 0.1) is 26.4 Å². The summed E-state index contributed by atoms with van der Waals surface area (Å²) in [6, 6.07) is 0. The first-order chi connectivity index (χ1) is 51.5. The first kappa shape index (κ1) is 104. The van der Waals surface area contributed by atoms with Crippen LogP contribution in [0.2, 0.25) is 0 Å². The number of esters is 4. The second-order valence-corrected chi connectivity index (χ2v) is 34.7. The third-order valence-corrected chi connectivity index (χ3v) is 22.4. The molecule has 0 rings (SSSR count). The molecule has 106 heavy (non-hydrogen) atoms. The molecule has 0 aromatic carbocycles. The van der Waals surface area contributed by atoms with E-state index in [-0.39, 0.29) is 25.7 Å². The first-order valence-electron chi connectivity index (χ1n) is 45.1. The smallest absolute Gasteiger partial charge is 0.462 e. The molecule has 0 aliphatic carbocycles. The van der Waals surface area contributed by atoms with Gasteiger partial charge in [-0.25, -0.2) is 9.13 Å².